The number of rotatable bonds is 5. The summed E-state index contributed by atoms with van der Waals surface area (Å²) in [6.07, 6.45) is 1.69. The van der Waals surface area contributed by atoms with Gasteiger partial charge in [0.15, 0.2) is 6.04 Å². The number of carbonyl (C=O) groups excluding carboxylic acids is 3. The van der Waals surface area contributed by atoms with Crippen LogP contribution >= 0.6 is 11.6 Å². The molecule has 2 aliphatic rings. The number of nitrogens with two attached hydrogens (primary N) is 1. The molecule has 0 saturated carbocycles. The quantitative estimate of drug-likeness (QED) is 0.781. The van der Waals surface area contributed by atoms with Crippen molar-refractivity contribution in [2.75, 3.05) is 16.3 Å². The first-order valence-corrected chi connectivity index (χ1v) is 9.76. The summed E-state index contributed by atoms with van der Waals surface area (Å²) in [6, 6.07) is 14.1. The Bertz CT molecular complexity index is 911. The minimum Gasteiger partial charge on any atom is -0.332 e. The van der Waals surface area contributed by atoms with Crippen molar-refractivity contribution in [2.24, 2.45) is 0 Å². The van der Waals surface area contributed by atoms with Crippen molar-refractivity contribution < 1.29 is 19.7 Å². The number of halogens is 1. The second-order valence-corrected chi connectivity index (χ2v) is 7.55. The second-order valence-electron chi connectivity index (χ2n) is 7.11. The van der Waals surface area contributed by atoms with Crippen LogP contribution in [0.15, 0.2) is 48.5 Å². The SMILES string of the molecule is O=C1CCCN1c1ccc(C[NH2+][C@@H]2CC(=O)N(c3ccc(Cl)cc3)C2=O)cc1. The minimum absolute atomic E-state index is 0.164. The summed E-state index contributed by atoms with van der Waals surface area (Å²) < 4.78 is 0. The molecule has 144 valence electrons. The number of amides is 3. The van der Waals surface area contributed by atoms with Gasteiger partial charge in [-0.25, -0.2) is 4.90 Å². The molecular weight excluding hydrogens is 378 g/mol. The van der Waals surface area contributed by atoms with Gasteiger partial charge in [0.05, 0.1) is 12.1 Å². The maximum absolute atomic E-state index is 12.7. The van der Waals surface area contributed by atoms with Gasteiger partial charge < -0.3 is 10.2 Å². The summed E-state index contributed by atoms with van der Waals surface area (Å²) in [4.78, 5) is 39.9. The van der Waals surface area contributed by atoms with Gasteiger partial charge in [0.1, 0.15) is 6.54 Å². The lowest BCUT2D eigenvalue weighted by Gasteiger charge is -2.16. The van der Waals surface area contributed by atoms with Crippen LogP contribution in [-0.2, 0) is 20.9 Å². The van der Waals surface area contributed by atoms with Crippen LogP contribution in [0, 0.1) is 0 Å². The van der Waals surface area contributed by atoms with E-state index in [2.05, 4.69) is 0 Å². The Labute approximate surface area is 168 Å². The van der Waals surface area contributed by atoms with E-state index < -0.39 is 6.04 Å². The maximum Gasteiger partial charge on any atom is 0.292 e. The van der Waals surface area contributed by atoms with E-state index in [0.717, 1.165) is 24.2 Å². The fraction of sp³-hybridized carbons (Fsp3) is 0.286. The summed E-state index contributed by atoms with van der Waals surface area (Å²) >= 11 is 5.88. The highest BCUT2D eigenvalue weighted by atomic mass is 35.5. The van der Waals surface area contributed by atoms with Crippen LogP contribution in [-0.4, -0.2) is 30.3 Å². The topological polar surface area (TPSA) is 74.3 Å². The fourth-order valence-corrected chi connectivity index (χ4v) is 3.84. The Hall–Kier alpha value is -2.70. The largest absolute Gasteiger partial charge is 0.332 e. The van der Waals surface area contributed by atoms with Gasteiger partial charge in [-0.1, -0.05) is 23.7 Å². The number of nitrogens with zero attached hydrogens (tertiary/aromatic N) is 2. The zero-order valence-corrected chi connectivity index (χ0v) is 16.1. The zero-order chi connectivity index (χ0) is 19.7. The molecule has 0 unspecified atom stereocenters. The average Bonchev–Trinajstić information content (AvgIpc) is 3.24. The third-order valence-electron chi connectivity index (χ3n) is 5.23. The molecule has 2 fully saturated rings. The lowest BCUT2D eigenvalue weighted by atomic mass is 10.1. The normalized spacial score (nSPS) is 19.8. The smallest absolute Gasteiger partial charge is 0.292 e. The van der Waals surface area contributed by atoms with Gasteiger partial charge in [-0.05, 0) is 42.8 Å². The van der Waals surface area contributed by atoms with E-state index in [-0.39, 0.29) is 24.1 Å². The number of benzene rings is 2. The predicted octanol–water partition coefficient (Wildman–Crippen LogP) is 1.86. The molecular formula is C21H21ClN3O3+. The standard InChI is InChI=1S/C21H20ClN3O3/c22-15-5-9-17(10-6-15)25-20(27)12-18(21(25)28)23-13-14-3-7-16(8-4-14)24-11-1-2-19(24)26/h3-10,18,23H,1-2,11-13H2/p+1/t18-/m1/s1. The van der Waals surface area contributed by atoms with E-state index in [1.807, 2.05) is 29.6 Å². The average molecular weight is 399 g/mol. The highest BCUT2D eigenvalue weighted by Gasteiger charge is 2.42. The van der Waals surface area contributed by atoms with E-state index in [4.69, 9.17) is 11.6 Å². The summed E-state index contributed by atoms with van der Waals surface area (Å²) in [5.74, 6) is -0.236. The summed E-state index contributed by atoms with van der Waals surface area (Å²) in [7, 11) is 0. The van der Waals surface area contributed by atoms with Crippen LogP contribution in [0.25, 0.3) is 0 Å². The van der Waals surface area contributed by atoms with Crippen molar-refractivity contribution in [2.45, 2.75) is 31.8 Å². The molecule has 2 N–H and O–H groups in total. The highest BCUT2D eigenvalue weighted by Crippen LogP contribution is 2.24. The van der Waals surface area contributed by atoms with E-state index in [1.54, 1.807) is 29.2 Å². The molecule has 2 aliphatic heterocycles. The van der Waals surface area contributed by atoms with Crippen molar-refractivity contribution in [1.82, 2.24) is 0 Å². The third kappa shape index (κ3) is 3.66. The van der Waals surface area contributed by atoms with Crippen molar-refractivity contribution in [3.8, 4) is 0 Å². The van der Waals surface area contributed by atoms with Crippen molar-refractivity contribution in [1.29, 1.82) is 0 Å². The van der Waals surface area contributed by atoms with Gasteiger partial charge in [0.25, 0.3) is 5.91 Å². The molecule has 0 spiro atoms. The molecule has 3 amide bonds. The van der Waals surface area contributed by atoms with Crippen molar-refractivity contribution >= 4 is 40.7 Å². The molecule has 1 atom stereocenters. The number of imide groups is 1. The Morgan fingerprint density at radius 3 is 2.25 bits per heavy atom. The molecule has 7 heteroatoms. The van der Waals surface area contributed by atoms with E-state index in [9.17, 15) is 14.4 Å². The van der Waals surface area contributed by atoms with Crippen molar-refractivity contribution in [3.05, 3.63) is 59.1 Å². The van der Waals surface area contributed by atoms with Gasteiger partial charge in [-0.2, -0.15) is 0 Å². The van der Waals surface area contributed by atoms with E-state index in [1.165, 1.54) is 4.90 Å². The molecule has 28 heavy (non-hydrogen) atoms. The summed E-state index contributed by atoms with van der Waals surface area (Å²) in [6.45, 7) is 1.36. The van der Waals surface area contributed by atoms with Crippen molar-refractivity contribution in [3.63, 3.8) is 0 Å². The Morgan fingerprint density at radius 2 is 1.61 bits per heavy atom. The Kier molecular flexibility index (Phi) is 5.15. The van der Waals surface area contributed by atoms with Crippen LogP contribution in [0.3, 0.4) is 0 Å². The van der Waals surface area contributed by atoms with E-state index in [0.29, 0.717) is 23.7 Å². The number of carbonyl (C=O) groups is 3. The second kappa shape index (κ2) is 7.73. The molecule has 6 nitrogen and oxygen atoms in total. The Balaban J connectivity index is 1.38. The molecule has 0 bridgehead atoms. The Morgan fingerprint density at radius 1 is 0.929 bits per heavy atom. The molecule has 4 rings (SSSR count). The number of quaternary nitrogens is 1. The molecule has 2 aromatic rings. The minimum atomic E-state index is -0.428. The summed E-state index contributed by atoms with van der Waals surface area (Å²) in [5.41, 5.74) is 2.50. The first kappa shape index (κ1) is 18.7. The molecule has 0 radical (unpaired) electrons. The van der Waals surface area contributed by atoms with E-state index >= 15 is 0 Å². The predicted molar refractivity (Wildman–Crippen MR) is 106 cm³/mol. The summed E-state index contributed by atoms with van der Waals surface area (Å²) in [5, 5.41) is 2.46. The van der Waals surface area contributed by atoms with Crippen LogP contribution in [0.4, 0.5) is 11.4 Å². The molecule has 0 aliphatic carbocycles. The van der Waals surface area contributed by atoms with Crippen LogP contribution < -0.4 is 15.1 Å². The molecule has 0 aromatic heterocycles. The van der Waals surface area contributed by atoms with Gasteiger partial charge in [0.2, 0.25) is 11.8 Å². The molecule has 2 aromatic carbocycles. The maximum atomic E-state index is 12.7. The number of hydrogen-bond donors (Lipinski definition) is 1. The van der Waals surface area contributed by atoms with Gasteiger partial charge in [-0.15, -0.1) is 0 Å². The van der Waals surface area contributed by atoms with Gasteiger partial charge in [-0.3, -0.25) is 14.4 Å². The lowest BCUT2D eigenvalue weighted by Crippen LogP contribution is -2.90. The highest BCUT2D eigenvalue weighted by molar-refractivity contribution is 6.30. The molecule has 2 heterocycles. The monoisotopic (exact) mass is 398 g/mol. The van der Waals surface area contributed by atoms with Gasteiger partial charge in [0, 0.05) is 29.2 Å². The number of anilines is 2. The third-order valence-corrected chi connectivity index (χ3v) is 5.48. The molecule has 2 saturated heterocycles. The van der Waals surface area contributed by atoms with Gasteiger partial charge >= 0.3 is 0 Å². The van der Waals surface area contributed by atoms with Crippen LogP contribution in [0.2, 0.25) is 5.02 Å². The first-order valence-electron chi connectivity index (χ1n) is 9.38. The van der Waals surface area contributed by atoms with Crippen LogP contribution in [0.1, 0.15) is 24.8 Å². The van der Waals surface area contributed by atoms with Crippen LogP contribution in [0.5, 0.6) is 0 Å². The lowest BCUT2D eigenvalue weighted by molar-refractivity contribution is -0.690. The fourth-order valence-electron chi connectivity index (χ4n) is 3.71. The number of hydrogen-bond acceptors (Lipinski definition) is 3. The zero-order valence-electron chi connectivity index (χ0n) is 15.3. The first-order chi connectivity index (χ1) is 13.5.